The van der Waals surface area contributed by atoms with E-state index in [-0.39, 0.29) is 0 Å². The molecule has 0 aromatic heterocycles. The first kappa shape index (κ1) is 19.2. The van der Waals surface area contributed by atoms with E-state index in [4.69, 9.17) is 9.73 Å². The first-order valence-corrected chi connectivity index (χ1v) is 10.5. The predicted molar refractivity (Wildman–Crippen MR) is 110 cm³/mol. The third-order valence-corrected chi connectivity index (χ3v) is 6.18. The number of anilines is 1. The summed E-state index contributed by atoms with van der Waals surface area (Å²) < 4.78 is 5.50. The van der Waals surface area contributed by atoms with Crippen molar-refractivity contribution in [1.29, 1.82) is 0 Å². The van der Waals surface area contributed by atoms with E-state index in [9.17, 15) is 5.11 Å². The molecule has 1 unspecified atom stereocenters. The number of aliphatic imine (C=N–C) groups is 1. The van der Waals surface area contributed by atoms with Gasteiger partial charge in [0.2, 0.25) is 0 Å². The average Bonchev–Trinajstić information content (AvgIpc) is 3.12. The first-order valence-electron chi connectivity index (χ1n) is 9.36. The molecule has 2 aliphatic rings. The predicted octanol–water partition coefficient (Wildman–Crippen LogP) is 1.65. The van der Waals surface area contributed by atoms with Gasteiger partial charge in [0, 0.05) is 38.5 Å². The van der Waals surface area contributed by atoms with Crippen LogP contribution in [0.3, 0.4) is 0 Å². The summed E-state index contributed by atoms with van der Waals surface area (Å²) in [6, 6.07) is 8.17. The fourth-order valence-corrected chi connectivity index (χ4v) is 4.70. The number of nitrogens with one attached hydrogen (secondary N) is 1. The molecular weight excluding hydrogens is 348 g/mol. The molecule has 1 aromatic rings. The number of aliphatic hydroxyl groups is 1. The highest BCUT2D eigenvalue weighted by molar-refractivity contribution is 7.99. The smallest absolute Gasteiger partial charge is 0.194 e. The lowest BCUT2D eigenvalue weighted by molar-refractivity contribution is 0.0775. The van der Waals surface area contributed by atoms with E-state index in [0.717, 1.165) is 68.0 Å². The van der Waals surface area contributed by atoms with Crippen LogP contribution >= 0.6 is 11.8 Å². The van der Waals surface area contributed by atoms with Gasteiger partial charge >= 0.3 is 0 Å². The Morgan fingerprint density at radius 1 is 1.31 bits per heavy atom. The van der Waals surface area contributed by atoms with Gasteiger partial charge in [0.1, 0.15) is 5.75 Å². The molecule has 6 nitrogen and oxygen atoms in total. The number of rotatable bonds is 5. The number of guanidine groups is 1. The van der Waals surface area contributed by atoms with Crippen LogP contribution in [-0.4, -0.2) is 79.5 Å². The average molecular weight is 379 g/mol. The molecule has 2 saturated heterocycles. The normalized spacial score (nSPS) is 24.0. The Kier molecular flexibility index (Phi) is 6.53. The molecule has 2 aliphatic heterocycles. The quantitative estimate of drug-likeness (QED) is 0.600. The molecule has 2 N–H and O–H groups in total. The van der Waals surface area contributed by atoms with Crippen LogP contribution in [0, 0.1) is 0 Å². The minimum absolute atomic E-state index is 0.481. The molecule has 26 heavy (non-hydrogen) atoms. The highest BCUT2D eigenvalue weighted by Gasteiger charge is 2.32. The molecule has 2 heterocycles. The summed E-state index contributed by atoms with van der Waals surface area (Å²) in [4.78, 5) is 9.40. The van der Waals surface area contributed by atoms with Crippen molar-refractivity contribution >= 4 is 23.4 Å². The summed E-state index contributed by atoms with van der Waals surface area (Å²) in [5.74, 6) is 3.65. The van der Waals surface area contributed by atoms with E-state index in [1.807, 2.05) is 23.9 Å². The summed E-state index contributed by atoms with van der Waals surface area (Å²) in [5.41, 5.74) is 0.513. The van der Waals surface area contributed by atoms with Gasteiger partial charge in [-0.3, -0.25) is 4.99 Å². The molecule has 0 aliphatic carbocycles. The van der Waals surface area contributed by atoms with Gasteiger partial charge in [0.25, 0.3) is 0 Å². The molecule has 0 amide bonds. The molecule has 0 radical (unpaired) electrons. The molecule has 0 bridgehead atoms. The number of benzene rings is 1. The van der Waals surface area contributed by atoms with Crippen molar-refractivity contribution in [2.24, 2.45) is 4.99 Å². The Hall–Kier alpha value is -1.60. The molecule has 7 heteroatoms. The SMILES string of the molecule is CCNC(=NCC1(O)CCSC1)N1CCN(c2ccccc2OC)CC1. The monoisotopic (exact) mass is 378 g/mol. The van der Waals surface area contributed by atoms with E-state index in [1.54, 1.807) is 7.11 Å². The molecule has 0 spiro atoms. The summed E-state index contributed by atoms with van der Waals surface area (Å²) in [5, 5.41) is 13.9. The Balaban J connectivity index is 1.62. The zero-order chi connectivity index (χ0) is 18.4. The van der Waals surface area contributed by atoms with Crippen LogP contribution < -0.4 is 15.0 Å². The third kappa shape index (κ3) is 4.57. The zero-order valence-electron chi connectivity index (χ0n) is 15.8. The first-order chi connectivity index (χ1) is 12.6. The number of ether oxygens (including phenoxy) is 1. The van der Waals surface area contributed by atoms with Crippen LogP contribution in [0.15, 0.2) is 29.3 Å². The van der Waals surface area contributed by atoms with E-state index < -0.39 is 5.60 Å². The van der Waals surface area contributed by atoms with E-state index in [2.05, 4.69) is 34.2 Å². The van der Waals surface area contributed by atoms with Crippen molar-refractivity contribution < 1.29 is 9.84 Å². The van der Waals surface area contributed by atoms with Gasteiger partial charge in [-0.25, -0.2) is 0 Å². The molecule has 2 fully saturated rings. The Labute approximate surface area is 160 Å². The zero-order valence-corrected chi connectivity index (χ0v) is 16.6. The second-order valence-corrected chi connectivity index (χ2v) is 7.95. The lowest BCUT2D eigenvalue weighted by atomic mass is 10.0. The number of nitrogens with zero attached hydrogens (tertiary/aromatic N) is 3. The van der Waals surface area contributed by atoms with Crippen molar-refractivity contribution in [2.75, 3.05) is 62.8 Å². The van der Waals surface area contributed by atoms with Gasteiger partial charge in [-0.15, -0.1) is 0 Å². The maximum Gasteiger partial charge on any atom is 0.194 e. The highest BCUT2D eigenvalue weighted by atomic mass is 32.2. The van der Waals surface area contributed by atoms with E-state index in [0.29, 0.717) is 6.54 Å². The Bertz CT molecular complexity index is 611. The second-order valence-electron chi connectivity index (χ2n) is 6.84. The second kappa shape index (κ2) is 8.86. The summed E-state index contributed by atoms with van der Waals surface area (Å²) >= 11 is 1.81. The molecule has 144 valence electrons. The highest BCUT2D eigenvalue weighted by Crippen LogP contribution is 2.29. The van der Waals surface area contributed by atoms with Gasteiger partial charge in [0.15, 0.2) is 5.96 Å². The number of para-hydroxylation sites is 2. The maximum atomic E-state index is 10.6. The standard InChI is InChI=1S/C19H30N4O2S/c1-3-20-18(21-14-19(24)8-13-26-15-19)23-11-9-22(10-12-23)16-6-4-5-7-17(16)25-2/h4-7,24H,3,8-15H2,1-2H3,(H,20,21). The number of thioether (sulfide) groups is 1. The number of methoxy groups -OCH3 is 1. The van der Waals surface area contributed by atoms with Crippen LogP contribution in [0.4, 0.5) is 5.69 Å². The largest absolute Gasteiger partial charge is 0.495 e. The lowest BCUT2D eigenvalue weighted by Crippen LogP contribution is -2.53. The number of piperazine rings is 1. The molecule has 3 rings (SSSR count). The van der Waals surface area contributed by atoms with Crippen molar-refractivity contribution in [3.05, 3.63) is 24.3 Å². The Morgan fingerprint density at radius 3 is 2.73 bits per heavy atom. The van der Waals surface area contributed by atoms with Crippen molar-refractivity contribution in [2.45, 2.75) is 18.9 Å². The minimum atomic E-state index is -0.634. The summed E-state index contributed by atoms with van der Waals surface area (Å²) in [7, 11) is 1.72. The van der Waals surface area contributed by atoms with Gasteiger partial charge in [-0.1, -0.05) is 12.1 Å². The van der Waals surface area contributed by atoms with Crippen molar-refractivity contribution in [3.8, 4) is 5.75 Å². The van der Waals surface area contributed by atoms with Gasteiger partial charge in [-0.2, -0.15) is 11.8 Å². The van der Waals surface area contributed by atoms with E-state index >= 15 is 0 Å². The molecular formula is C19H30N4O2S. The number of hydrogen-bond acceptors (Lipinski definition) is 5. The van der Waals surface area contributed by atoms with Crippen LogP contribution in [0.2, 0.25) is 0 Å². The van der Waals surface area contributed by atoms with Gasteiger partial charge < -0.3 is 25.0 Å². The summed E-state index contributed by atoms with van der Waals surface area (Å²) in [6.45, 7) is 7.04. The Morgan fingerprint density at radius 2 is 2.08 bits per heavy atom. The van der Waals surface area contributed by atoms with Gasteiger partial charge in [0.05, 0.1) is 24.9 Å². The maximum absolute atomic E-state index is 10.6. The summed E-state index contributed by atoms with van der Waals surface area (Å²) in [6.07, 6.45) is 0.835. The third-order valence-electron chi connectivity index (χ3n) is 4.95. The fourth-order valence-electron chi connectivity index (χ4n) is 3.42. The van der Waals surface area contributed by atoms with E-state index in [1.165, 1.54) is 0 Å². The van der Waals surface area contributed by atoms with Crippen molar-refractivity contribution in [1.82, 2.24) is 10.2 Å². The molecule has 1 aromatic carbocycles. The van der Waals surface area contributed by atoms with Gasteiger partial charge in [-0.05, 0) is 31.2 Å². The van der Waals surface area contributed by atoms with Crippen LogP contribution in [0.5, 0.6) is 5.75 Å². The van der Waals surface area contributed by atoms with Crippen LogP contribution in [-0.2, 0) is 0 Å². The topological polar surface area (TPSA) is 60.3 Å². The van der Waals surface area contributed by atoms with Crippen LogP contribution in [0.1, 0.15) is 13.3 Å². The molecule has 1 atom stereocenters. The van der Waals surface area contributed by atoms with Crippen LogP contribution in [0.25, 0.3) is 0 Å². The fraction of sp³-hybridized carbons (Fsp3) is 0.632. The molecule has 0 saturated carbocycles. The van der Waals surface area contributed by atoms with Crippen molar-refractivity contribution in [3.63, 3.8) is 0 Å². The minimum Gasteiger partial charge on any atom is -0.495 e. The lowest BCUT2D eigenvalue weighted by Gasteiger charge is -2.38. The number of hydrogen-bond donors (Lipinski definition) is 2.